The van der Waals surface area contributed by atoms with Crippen molar-refractivity contribution in [3.05, 3.63) is 29.3 Å². The average Bonchev–Trinajstić information content (AvgIpc) is 2.42. The molecule has 2 rings (SSSR count). The molecule has 3 nitrogen and oxygen atoms in total. The van der Waals surface area contributed by atoms with Crippen LogP contribution in [0, 0.1) is 0 Å². The number of benzene rings is 1. The van der Waals surface area contributed by atoms with Crippen LogP contribution in [-0.2, 0) is 12.7 Å². The number of nitrogens with zero attached hydrogens (tertiary/aromatic N) is 2. The van der Waals surface area contributed by atoms with E-state index in [-0.39, 0.29) is 5.69 Å². The Morgan fingerprint density at radius 2 is 1.71 bits per heavy atom. The quantitative estimate of drug-likeness (QED) is 0.660. The molecular weight excluding hydrogens is 299 g/mol. The summed E-state index contributed by atoms with van der Waals surface area (Å²) in [7, 11) is 0. The van der Waals surface area contributed by atoms with Crippen molar-refractivity contribution in [3.8, 4) is 0 Å². The van der Waals surface area contributed by atoms with Crippen molar-refractivity contribution in [2.75, 3.05) is 44.2 Å². The predicted octanol–water partition coefficient (Wildman–Crippen LogP) is 2.34. The van der Waals surface area contributed by atoms with E-state index >= 15 is 0 Å². The first-order valence-electron chi connectivity index (χ1n) is 6.91. The first-order valence-corrected chi connectivity index (χ1v) is 7.54. The largest absolute Gasteiger partial charge is 0.416 e. The molecule has 0 radical (unpaired) electrons. The van der Waals surface area contributed by atoms with Gasteiger partial charge in [-0.05, 0) is 17.7 Å². The standard InChI is InChI=1S/C14H20F3N3S/c15-14(16,17)13-9-12(18)2-1-11(13)10-20-5-3-19(4-6-20)7-8-21/h1-2,9,21H,3-8,10,18H2. The highest BCUT2D eigenvalue weighted by Crippen LogP contribution is 2.34. The molecule has 1 aliphatic rings. The lowest BCUT2D eigenvalue weighted by Gasteiger charge is -2.34. The minimum atomic E-state index is -4.36. The van der Waals surface area contributed by atoms with Crippen LogP contribution in [0.3, 0.4) is 0 Å². The molecule has 1 aromatic carbocycles. The van der Waals surface area contributed by atoms with Crippen LogP contribution in [0.15, 0.2) is 18.2 Å². The molecule has 0 amide bonds. The van der Waals surface area contributed by atoms with Gasteiger partial charge in [0.25, 0.3) is 0 Å². The number of hydrogen-bond acceptors (Lipinski definition) is 4. The molecule has 21 heavy (non-hydrogen) atoms. The van der Waals surface area contributed by atoms with Crippen LogP contribution in [-0.4, -0.2) is 48.3 Å². The fourth-order valence-corrected chi connectivity index (χ4v) is 2.83. The normalized spacial score (nSPS) is 18.1. The molecule has 1 fully saturated rings. The van der Waals surface area contributed by atoms with Crippen molar-refractivity contribution >= 4 is 18.3 Å². The lowest BCUT2D eigenvalue weighted by Crippen LogP contribution is -2.46. The Kier molecular flexibility index (Phi) is 5.40. The van der Waals surface area contributed by atoms with Gasteiger partial charge in [0.15, 0.2) is 0 Å². The first-order chi connectivity index (χ1) is 9.90. The maximum atomic E-state index is 13.1. The fourth-order valence-electron chi connectivity index (χ4n) is 2.55. The molecule has 0 aromatic heterocycles. The molecule has 7 heteroatoms. The number of nitrogen functional groups attached to an aromatic ring is 1. The van der Waals surface area contributed by atoms with Crippen molar-refractivity contribution in [3.63, 3.8) is 0 Å². The monoisotopic (exact) mass is 319 g/mol. The molecule has 0 saturated carbocycles. The van der Waals surface area contributed by atoms with E-state index in [0.29, 0.717) is 12.1 Å². The average molecular weight is 319 g/mol. The second-order valence-electron chi connectivity index (χ2n) is 5.26. The Hall–Kier alpha value is -0.920. The van der Waals surface area contributed by atoms with Gasteiger partial charge in [0, 0.05) is 50.7 Å². The van der Waals surface area contributed by atoms with Gasteiger partial charge in [-0.25, -0.2) is 0 Å². The number of nitrogens with two attached hydrogens (primary N) is 1. The van der Waals surface area contributed by atoms with Crippen LogP contribution in [0.4, 0.5) is 18.9 Å². The Bertz CT molecular complexity index is 471. The maximum absolute atomic E-state index is 13.1. The summed E-state index contributed by atoms with van der Waals surface area (Å²) in [5, 5.41) is 0. The number of hydrogen-bond donors (Lipinski definition) is 2. The van der Waals surface area contributed by atoms with Crippen molar-refractivity contribution < 1.29 is 13.2 Å². The summed E-state index contributed by atoms with van der Waals surface area (Å²) >= 11 is 4.20. The van der Waals surface area contributed by atoms with E-state index in [2.05, 4.69) is 22.4 Å². The second-order valence-corrected chi connectivity index (χ2v) is 5.70. The third-order valence-corrected chi connectivity index (χ3v) is 3.91. The molecule has 0 bridgehead atoms. The zero-order valence-electron chi connectivity index (χ0n) is 11.7. The van der Waals surface area contributed by atoms with Gasteiger partial charge in [-0.2, -0.15) is 25.8 Å². The van der Waals surface area contributed by atoms with Gasteiger partial charge in [-0.1, -0.05) is 6.07 Å². The molecule has 0 unspecified atom stereocenters. The Morgan fingerprint density at radius 1 is 1.10 bits per heavy atom. The van der Waals surface area contributed by atoms with Crippen molar-refractivity contribution in [1.29, 1.82) is 0 Å². The molecule has 1 heterocycles. The summed E-state index contributed by atoms with van der Waals surface area (Å²) in [5.74, 6) is 0.802. The number of thiol groups is 1. The number of anilines is 1. The number of rotatable bonds is 4. The second kappa shape index (κ2) is 6.89. The molecule has 2 N–H and O–H groups in total. The lowest BCUT2D eigenvalue weighted by atomic mass is 10.1. The molecule has 0 spiro atoms. The van der Waals surface area contributed by atoms with Crippen LogP contribution in [0.2, 0.25) is 0 Å². The summed E-state index contributed by atoms with van der Waals surface area (Å²) in [5.41, 5.74) is 5.29. The van der Waals surface area contributed by atoms with Gasteiger partial charge in [0.2, 0.25) is 0 Å². The number of piperazine rings is 1. The summed E-state index contributed by atoms with van der Waals surface area (Å²) < 4.78 is 39.2. The number of alkyl halides is 3. The van der Waals surface area contributed by atoms with Gasteiger partial charge in [0.1, 0.15) is 0 Å². The van der Waals surface area contributed by atoms with Gasteiger partial charge in [0.05, 0.1) is 5.56 Å². The SMILES string of the molecule is Nc1ccc(CN2CCN(CCS)CC2)c(C(F)(F)F)c1. The Labute approximate surface area is 128 Å². The van der Waals surface area contributed by atoms with Crippen molar-refractivity contribution in [2.24, 2.45) is 0 Å². The fraction of sp³-hybridized carbons (Fsp3) is 0.571. The minimum absolute atomic E-state index is 0.143. The first kappa shape index (κ1) is 16.5. The smallest absolute Gasteiger partial charge is 0.399 e. The van der Waals surface area contributed by atoms with Crippen LogP contribution in [0.1, 0.15) is 11.1 Å². The molecule has 0 atom stereocenters. The summed E-state index contributed by atoms with van der Waals surface area (Å²) in [6, 6.07) is 4.03. The molecule has 118 valence electrons. The van der Waals surface area contributed by atoms with E-state index < -0.39 is 11.7 Å². The summed E-state index contributed by atoms with van der Waals surface area (Å²) in [4.78, 5) is 4.33. The van der Waals surface area contributed by atoms with Gasteiger partial charge >= 0.3 is 6.18 Å². The van der Waals surface area contributed by atoms with Gasteiger partial charge in [-0.15, -0.1) is 0 Å². The molecule has 1 aromatic rings. The molecule has 1 aliphatic heterocycles. The highest BCUT2D eigenvalue weighted by Gasteiger charge is 2.34. The summed E-state index contributed by atoms with van der Waals surface area (Å²) in [6.45, 7) is 4.52. The summed E-state index contributed by atoms with van der Waals surface area (Å²) in [6.07, 6.45) is -4.36. The third kappa shape index (κ3) is 4.52. The molecule has 0 aliphatic carbocycles. The topological polar surface area (TPSA) is 32.5 Å². The van der Waals surface area contributed by atoms with E-state index in [1.54, 1.807) is 0 Å². The number of halogens is 3. The van der Waals surface area contributed by atoms with Crippen LogP contribution in [0.5, 0.6) is 0 Å². The van der Waals surface area contributed by atoms with E-state index in [1.165, 1.54) is 12.1 Å². The van der Waals surface area contributed by atoms with Crippen LogP contribution in [0.25, 0.3) is 0 Å². The van der Waals surface area contributed by atoms with E-state index in [1.807, 2.05) is 0 Å². The van der Waals surface area contributed by atoms with Crippen molar-refractivity contribution in [1.82, 2.24) is 9.80 Å². The van der Waals surface area contributed by atoms with Crippen LogP contribution >= 0.6 is 12.6 Å². The van der Waals surface area contributed by atoms with Crippen molar-refractivity contribution in [2.45, 2.75) is 12.7 Å². The highest BCUT2D eigenvalue weighted by molar-refractivity contribution is 7.80. The minimum Gasteiger partial charge on any atom is -0.399 e. The third-order valence-electron chi connectivity index (χ3n) is 3.71. The predicted molar refractivity (Wildman–Crippen MR) is 81.4 cm³/mol. The Balaban J connectivity index is 2.04. The van der Waals surface area contributed by atoms with E-state index in [0.717, 1.165) is 44.5 Å². The van der Waals surface area contributed by atoms with E-state index in [4.69, 9.17) is 5.73 Å². The molecule has 1 saturated heterocycles. The molecular formula is C14H20F3N3S. The van der Waals surface area contributed by atoms with Gasteiger partial charge in [-0.3, -0.25) is 9.80 Å². The lowest BCUT2D eigenvalue weighted by molar-refractivity contribution is -0.138. The van der Waals surface area contributed by atoms with Crippen LogP contribution < -0.4 is 5.73 Å². The zero-order chi connectivity index (χ0) is 15.5. The van der Waals surface area contributed by atoms with E-state index in [9.17, 15) is 13.2 Å². The Morgan fingerprint density at radius 3 is 2.29 bits per heavy atom. The zero-order valence-corrected chi connectivity index (χ0v) is 12.6. The van der Waals surface area contributed by atoms with Gasteiger partial charge < -0.3 is 5.73 Å². The highest BCUT2D eigenvalue weighted by atomic mass is 32.1. The maximum Gasteiger partial charge on any atom is 0.416 e.